The van der Waals surface area contributed by atoms with Crippen LogP contribution in [0.5, 0.6) is 0 Å². The molecule has 0 saturated carbocycles. The highest BCUT2D eigenvalue weighted by Crippen LogP contribution is 2.12. The van der Waals surface area contributed by atoms with Crippen molar-refractivity contribution in [1.29, 1.82) is 0 Å². The number of aliphatic carboxylic acids is 1. The summed E-state index contributed by atoms with van der Waals surface area (Å²) in [6, 6.07) is 9.26. The number of hydrogen-bond acceptors (Lipinski definition) is 3. The molecule has 2 rings (SSSR count). The summed E-state index contributed by atoms with van der Waals surface area (Å²) in [5.41, 5.74) is 1.13. The Labute approximate surface area is 109 Å². The van der Waals surface area contributed by atoms with Crippen LogP contribution < -0.4 is 0 Å². The summed E-state index contributed by atoms with van der Waals surface area (Å²) >= 11 is 0. The van der Waals surface area contributed by atoms with E-state index in [2.05, 4.69) is 4.98 Å². The van der Waals surface area contributed by atoms with Crippen LogP contribution in [-0.4, -0.2) is 45.0 Å². The standard InChI is InChI=1S/C13H13N3O3/c1-15(8-12(17)18)13(19)11-7-14-9-16(11)10-5-3-2-4-6-10/h2-7,9H,8H2,1H3,(H,17,18). The molecule has 1 aromatic carbocycles. The second-order valence-corrected chi connectivity index (χ2v) is 4.04. The number of carboxylic acids is 1. The fourth-order valence-electron chi connectivity index (χ4n) is 1.72. The van der Waals surface area contributed by atoms with Crippen molar-refractivity contribution in [3.8, 4) is 5.69 Å². The number of amides is 1. The van der Waals surface area contributed by atoms with Crippen LogP contribution in [0.2, 0.25) is 0 Å². The monoisotopic (exact) mass is 259 g/mol. The number of nitrogens with zero attached hydrogens (tertiary/aromatic N) is 3. The fourth-order valence-corrected chi connectivity index (χ4v) is 1.72. The van der Waals surface area contributed by atoms with E-state index in [0.717, 1.165) is 10.6 Å². The van der Waals surface area contributed by atoms with E-state index < -0.39 is 5.97 Å². The van der Waals surface area contributed by atoms with E-state index in [-0.39, 0.29) is 12.5 Å². The minimum Gasteiger partial charge on any atom is -0.480 e. The summed E-state index contributed by atoms with van der Waals surface area (Å²) in [5, 5.41) is 8.70. The van der Waals surface area contributed by atoms with Gasteiger partial charge in [0, 0.05) is 12.7 Å². The van der Waals surface area contributed by atoms with Crippen LogP contribution in [0.3, 0.4) is 0 Å². The van der Waals surface area contributed by atoms with Gasteiger partial charge in [0.05, 0.1) is 12.5 Å². The van der Waals surface area contributed by atoms with Gasteiger partial charge in [0.15, 0.2) is 0 Å². The third-order valence-electron chi connectivity index (χ3n) is 2.61. The topological polar surface area (TPSA) is 75.4 Å². The molecule has 1 aromatic heterocycles. The van der Waals surface area contributed by atoms with Gasteiger partial charge < -0.3 is 10.0 Å². The third-order valence-corrected chi connectivity index (χ3v) is 2.61. The van der Waals surface area contributed by atoms with E-state index in [9.17, 15) is 9.59 Å². The Kier molecular flexibility index (Phi) is 3.61. The van der Waals surface area contributed by atoms with Gasteiger partial charge in [0.25, 0.3) is 5.91 Å². The molecule has 0 bridgehead atoms. The third kappa shape index (κ3) is 2.79. The number of para-hydroxylation sites is 1. The van der Waals surface area contributed by atoms with Crippen LogP contribution in [0.15, 0.2) is 42.9 Å². The summed E-state index contributed by atoms with van der Waals surface area (Å²) in [6.07, 6.45) is 2.95. The van der Waals surface area contributed by atoms with Crippen molar-refractivity contribution in [2.24, 2.45) is 0 Å². The van der Waals surface area contributed by atoms with Crippen molar-refractivity contribution in [2.75, 3.05) is 13.6 Å². The van der Waals surface area contributed by atoms with Crippen molar-refractivity contribution >= 4 is 11.9 Å². The van der Waals surface area contributed by atoms with Crippen LogP contribution in [0.4, 0.5) is 0 Å². The Morgan fingerprint density at radius 2 is 2.00 bits per heavy atom. The van der Waals surface area contributed by atoms with E-state index in [1.807, 2.05) is 30.3 Å². The molecule has 1 amide bonds. The number of imidazole rings is 1. The first-order chi connectivity index (χ1) is 9.09. The van der Waals surface area contributed by atoms with Crippen molar-refractivity contribution in [3.05, 3.63) is 48.5 Å². The maximum Gasteiger partial charge on any atom is 0.323 e. The Morgan fingerprint density at radius 1 is 1.32 bits per heavy atom. The lowest BCUT2D eigenvalue weighted by Crippen LogP contribution is -2.33. The maximum absolute atomic E-state index is 12.1. The smallest absolute Gasteiger partial charge is 0.323 e. The molecule has 0 aliphatic rings. The number of benzene rings is 1. The van der Waals surface area contributed by atoms with Crippen LogP contribution in [-0.2, 0) is 4.79 Å². The molecule has 0 aliphatic heterocycles. The molecule has 1 heterocycles. The van der Waals surface area contributed by atoms with Gasteiger partial charge in [0.2, 0.25) is 0 Å². The molecule has 0 saturated heterocycles. The molecule has 1 N–H and O–H groups in total. The molecule has 0 spiro atoms. The molecule has 0 fully saturated rings. The Bertz CT molecular complexity index is 592. The average molecular weight is 259 g/mol. The maximum atomic E-state index is 12.1. The van der Waals surface area contributed by atoms with Gasteiger partial charge in [-0.25, -0.2) is 4.98 Å². The summed E-state index contributed by atoms with van der Waals surface area (Å²) in [4.78, 5) is 27.8. The predicted molar refractivity (Wildman–Crippen MR) is 68.2 cm³/mol. The van der Waals surface area contributed by atoms with Crippen LogP contribution in [0.1, 0.15) is 10.5 Å². The zero-order valence-electron chi connectivity index (χ0n) is 10.4. The molecule has 6 heteroatoms. The second kappa shape index (κ2) is 5.34. The molecule has 19 heavy (non-hydrogen) atoms. The van der Waals surface area contributed by atoms with Crippen molar-refractivity contribution < 1.29 is 14.7 Å². The molecule has 98 valence electrons. The highest BCUT2D eigenvalue weighted by molar-refractivity contribution is 5.94. The zero-order chi connectivity index (χ0) is 13.8. The highest BCUT2D eigenvalue weighted by atomic mass is 16.4. The molecular formula is C13H13N3O3. The minimum atomic E-state index is -1.05. The molecule has 0 unspecified atom stereocenters. The zero-order valence-corrected chi connectivity index (χ0v) is 10.4. The van der Waals surface area contributed by atoms with Gasteiger partial charge in [0.1, 0.15) is 12.2 Å². The fraction of sp³-hybridized carbons (Fsp3) is 0.154. The average Bonchev–Trinajstić information content (AvgIpc) is 2.87. The van der Waals surface area contributed by atoms with E-state index in [1.54, 1.807) is 4.57 Å². The van der Waals surface area contributed by atoms with Crippen LogP contribution in [0, 0.1) is 0 Å². The quantitative estimate of drug-likeness (QED) is 0.889. The SMILES string of the molecule is CN(CC(=O)O)C(=O)c1cncn1-c1ccccc1. The summed E-state index contributed by atoms with van der Waals surface area (Å²) in [7, 11) is 1.44. The van der Waals surface area contributed by atoms with Crippen molar-refractivity contribution in [3.63, 3.8) is 0 Å². The number of likely N-dealkylation sites (N-methyl/N-ethyl adjacent to an activating group) is 1. The van der Waals surface area contributed by atoms with Crippen molar-refractivity contribution in [1.82, 2.24) is 14.5 Å². The minimum absolute atomic E-state index is 0.329. The van der Waals surface area contributed by atoms with E-state index in [0.29, 0.717) is 5.69 Å². The van der Waals surface area contributed by atoms with Crippen LogP contribution >= 0.6 is 0 Å². The normalized spacial score (nSPS) is 10.2. The lowest BCUT2D eigenvalue weighted by Gasteiger charge is -2.15. The summed E-state index contributed by atoms with van der Waals surface area (Å²) in [5.74, 6) is -1.44. The summed E-state index contributed by atoms with van der Waals surface area (Å²) in [6.45, 7) is -0.348. The van der Waals surface area contributed by atoms with Gasteiger partial charge in [-0.1, -0.05) is 18.2 Å². The van der Waals surface area contributed by atoms with Gasteiger partial charge >= 0.3 is 5.97 Å². The Hall–Kier alpha value is -2.63. The number of aromatic nitrogens is 2. The van der Waals surface area contributed by atoms with E-state index in [1.165, 1.54) is 19.6 Å². The molecule has 6 nitrogen and oxygen atoms in total. The number of rotatable bonds is 4. The molecule has 0 atom stereocenters. The lowest BCUT2D eigenvalue weighted by atomic mass is 10.3. The van der Waals surface area contributed by atoms with Gasteiger partial charge in [-0.2, -0.15) is 0 Å². The highest BCUT2D eigenvalue weighted by Gasteiger charge is 2.18. The number of hydrogen-bond donors (Lipinski definition) is 1. The number of carboxylic acid groups (broad SMARTS) is 1. The Morgan fingerprint density at radius 3 is 2.63 bits per heavy atom. The first kappa shape index (κ1) is 12.8. The van der Waals surface area contributed by atoms with E-state index in [4.69, 9.17) is 5.11 Å². The molecule has 2 aromatic rings. The first-order valence-corrected chi connectivity index (χ1v) is 5.64. The lowest BCUT2D eigenvalue weighted by molar-refractivity contribution is -0.137. The number of carbonyl (C=O) groups excluding carboxylic acids is 1. The molecular weight excluding hydrogens is 246 g/mol. The second-order valence-electron chi connectivity index (χ2n) is 4.04. The van der Waals surface area contributed by atoms with E-state index >= 15 is 0 Å². The van der Waals surface area contributed by atoms with Gasteiger partial charge in [-0.3, -0.25) is 14.2 Å². The van der Waals surface area contributed by atoms with Gasteiger partial charge in [-0.15, -0.1) is 0 Å². The molecule has 0 aliphatic carbocycles. The predicted octanol–water partition coefficient (Wildman–Crippen LogP) is 1.03. The number of carbonyl (C=O) groups is 2. The largest absolute Gasteiger partial charge is 0.480 e. The Balaban J connectivity index is 2.30. The van der Waals surface area contributed by atoms with Crippen LogP contribution in [0.25, 0.3) is 5.69 Å². The van der Waals surface area contributed by atoms with Gasteiger partial charge in [-0.05, 0) is 12.1 Å². The molecule has 0 radical (unpaired) electrons. The summed E-state index contributed by atoms with van der Waals surface area (Å²) < 4.78 is 1.63. The first-order valence-electron chi connectivity index (χ1n) is 5.64. The van der Waals surface area contributed by atoms with Crippen molar-refractivity contribution in [2.45, 2.75) is 0 Å².